The van der Waals surface area contributed by atoms with Crippen LogP contribution in [0.4, 0.5) is 9.52 Å². The predicted octanol–water partition coefficient (Wildman–Crippen LogP) is 2.54. The average Bonchev–Trinajstić information content (AvgIpc) is 3.15. The van der Waals surface area contributed by atoms with Gasteiger partial charge in [-0.3, -0.25) is 14.9 Å². The monoisotopic (exact) mass is 462 g/mol. The topological polar surface area (TPSA) is 99.7 Å². The summed E-state index contributed by atoms with van der Waals surface area (Å²) in [5, 5.41) is 2.93. The molecule has 1 aromatic heterocycles. The number of carbonyl (C=O) groups is 2. The fourth-order valence-corrected chi connectivity index (χ4v) is 5.67. The molecule has 2 heterocycles. The van der Waals surface area contributed by atoms with Crippen LogP contribution in [-0.2, 0) is 14.8 Å². The van der Waals surface area contributed by atoms with Crippen molar-refractivity contribution in [2.75, 3.05) is 31.5 Å². The third kappa shape index (κ3) is 4.43. The van der Waals surface area contributed by atoms with Crippen LogP contribution in [0.5, 0.6) is 0 Å². The van der Waals surface area contributed by atoms with Gasteiger partial charge < -0.3 is 4.90 Å². The summed E-state index contributed by atoms with van der Waals surface area (Å²) in [5.74, 6) is -0.998. The molecule has 4 rings (SSSR count). The second-order valence-corrected chi connectivity index (χ2v) is 9.99. The maximum absolute atomic E-state index is 13.4. The van der Waals surface area contributed by atoms with Crippen LogP contribution >= 0.6 is 11.3 Å². The van der Waals surface area contributed by atoms with Gasteiger partial charge in [0.15, 0.2) is 5.13 Å². The molecular weight excluding hydrogens is 443 g/mol. The molecule has 0 bridgehead atoms. The highest BCUT2D eigenvalue weighted by atomic mass is 32.2. The van der Waals surface area contributed by atoms with Crippen molar-refractivity contribution in [1.82, 2.24) is 14.2 Å². The Bertz CT molecular complexity index is 1270. The summed E-state index contributed by atoms with van der Waals surface area (Å²) >= 11 is 1.13. The van der Waals surface area contributed by atoms with E-state index in [1.807, 2.05) is 0 Å². The minimum atomic E-state index is -3.80. The fourth-order valence-electron chi connectivity index (χ4n) is 3.31. The lowest BCUT2D eigenvalue weighted by Gasteiger charge is -2.33. The second-order valence-electron chi connectivity index (χ2n) is 7.02. The normalized spacial score (nSPS) is 15.2. The molecule has 2 amide bonds. The summed E-state index contributed by atoms with van der Waals surface area (Å²) in [6, 6.07) is 9.91. The first-order chi connectivity index (χ1) is 14.7. The number of piperazine rings is 1. The van der Waals surface area contributed by atoms with E-state index in [1.165, 1.54) is 53.7 Å². The summed E-state index contributed by atoms with van der Waals surface area (Å²) in [4.78, 5) is 30.0. The average molecular weight is 463 g/mol. The second kappa shape index (κ2) is 8.33. The van der Waals surface area contributed by atoms with Crippen LogP contribution in [0.2, 0.25) is 0 Å². The van der Waals surface area contributed by atoms with E-state index < -0.39 is 21.7 Å². The smallest absolute Gasteiger partial charge is 0.257 e. The Morgan fingerprint density at radius 3 is 2.55 bits per heavy atom. The lowest BCUT2D eigenvalue weighted by molar-refractivity contribution is -0.129. The zero-order valence-corrected chi connectivity index (χ0v) is 18.2. The van der Waals surface area contributed by atoms with Crippen molar-refractivity contribution in [3.05, 3.63) is 53.8 Å². The number of halogens is 1. The van der Waals surface area contributed by atoms with Gasteiger partial charge in [0, 0.05) is 38.7 Å². The SMILES string of the molecule is CC(=O)N1CCN(S(=O)(=O)c2cccc(C(=O)Nc3nc4ccc(F)cc4s3)c2)CC1. The highest BCUT2D eigenvalue weighted by Gasteiger charge is 2.29. The Balaban J connectivity index is 1.51. The fraction of sp³-hybridized carbons (Fsp3) is 0.250. The van der Waals surface area contributed by atoms with Gasteiger partial charge in [0.25, 0.3) is 5.91 Å². The van der Waals surface area contributed by atoms with Crippen molar-refractivity contribution in [1.29, 1.82) is 0 Å². The largest absolute Gasteiger partial charge is 0.340 e. The Morgan fingerprint density at radius 1 is 1.10 bits per heavy atom. The van der Waals surface area contributed by atoms with Gasteiger partial charge in [-0.25, -0.2) is 17.8 Å². The predicted molar refractivity (Wildman–Crippen MR) is 115 cm³/mol. The molecule has 1 N–H and O–H groups in total. The van der Waals surface area contributed by atoms with Crippen molar-refractivity contribution in [3.8, 4) is 0 Å². The molecule has 0 saturated carbocycles. The summed E-state index contributed by atoms with van der Waals surface area (Å²) in [6.45, 7) is 2.50. The third-order valence-electron chi connectivity index (χ3n) is 4.99. The lowest BCUT2D eigenvalue weighted by atomic mass is 10.2. The van der Waals surface area contributed by atoms with E-state index in [-0.39, 0.29) is 29.5 Å². The molecule has 1 aliphatic rings. The molecule has 2 aromatic carbocycles. The molecule has 0 atom stereocenters. The molecule has 0 radical (unpaired) electrons. The number of carbonyl (C=O) groups excluding carboxylic acids is 2. The number of hydrogen-bond acceptors (Lipinski definition) is 6. The van der Waals surface area contributed by atoms with Crippen LogP contribution in [0, 0.1) is 5.82 Å². The summed E-state index contributed by atoms with van der Waals surface area (Å²) in [5.41, 5.74) is 0.719. The van der Waals surface area contributed by atoms with E-state index in [2.05, 4.69) is 10.3 Å². The number of anilines is 1. The third-order valence-corrected chi connectivity index (χ3v) is 7.82. The van der Waals surface area contributed by atoms with E-state index in [0.717, 1.165) is 11.3 Å². The summed E-state index contributed by atoms with van der Waals surface area (Å²) in [6.07, 6.45) is 0. The molecule has 3 aromatic rings. The molecule has 162 valence electrons. The van der Waals surface area contributed by atoms with E-state index in [4.69, 9.17) is 0 Å². The number of aromatic nitrogens is 1. The minimum Gasteiger partial charge on any atom is -0.340 e. The molecule has 1 fully saturated rings. The standard InChI is InChI=1S/C20H19FN4O4S2/c1-13(26)24-7-9-25(10-8-24)31(28,29)16-4-2-3-14(11-16)19(27)23-20-22-17-6-5-15(21)12-18(17)30-20/h2-6,11-12H,7-10H2,1H3,(H,22,23,27). The number of sulfonamides is 1. The van der Waals surface area contributed by atoms with Gasteiger partial charge in [0.2, 0.25) is 15.9 Å². The lowest BCUT2D eigenvalue weighted by Crippen LogP contribution is -2.49. The van der Waals surface area contributed by atoms with Gasteiger partial charge in [0.1, 0.15) is 5.82 Å². The summed E-state index contributed by atoms with van der Waals surface area (Å²) < 4.78 is 41.2. The van der Waals surface area contributed by atoms with Crippen LogP contribution in [0.1, 0.15) is 17.3 Å². The number of benzene rings is 2. The van der Waals surface area contributed by atoms with E-state index in [9.17, 15) is 22.4 Å². The quantitative estimate of drug-likeness (QED) is 0.642. The number of amides is 2. The van der Waals surface area contributed by atoms with Crippen LogP contribution < -0.4 is 5.32 Å². The number of rotatable bonds is 4. The Morgan fingerprint density at radius 2 is 1.84 bits per heavy atom. The number of hydrogen-bond donors (Lipinski definition) is 1. The van der Waals surface area contributed by atoms with E-state index >= 15 is 0 Å². The number of nitrogens with one attached hydrogen (secondary N) is 1. The van der Waals surface area contributed by atoms with Gasteiger partial charge in [-0.15, -0.1) is 0 Å². The highest BCUT2D eigenvalue weighted by Crippen LogP contribution is 2.27. The van der Waals surface area contributed by atoms with E-state index in [1.54, 1.807) is 4.90 Å². The van der Waals surface area contributed by atoms with Crippen LogP contribution in [-0.4, -0.2) is 60.6 Å². The van der Waals surface area contributed by atoms with Gasteiger partial charge in [-0.2, -0.15) is 4.31 Å². The first-order valence-corrected chi connectivity index (χ1v) is 11.7. The molecule has 11 heteroatoms. The van der Waals surface area contributed by atoms with Crippen LogP contribution in [0.15, 0.2) is 47.4 Å². The summed E-state index contributed by atoms with van der Waals surface area (Å²) in [7, 11) is -3.80. The Kier molecular flexibility index (Phi) is 5.73. The van der Waals surface area contributed by atoms with Crippen molar-refractivity contribution >= 4 is 48.5 Å². The highest BCUT2D eigenvalue weighted by molar-refractivity contribution is 7.89. The van der Waals surface area contributed by atoms with Crippen molar-refractivity contribution < 1.29 is 22.4 Å². The number of thiazole rings is 1. The molecule has 0 aliphatic carbocycles. The molecular formula is C20H19FN4O4S2. The van der Waals surface area contributed by atoms with Crippen LogP contribution in [0.3, 0.4) is 0 Å². The number of fused-ring (bicyclic) bond motifs is 1. The van der Waals surface area contributed by atoms with Crippen LogP contribution in [0.25, 0.3) is 10.2 Å². The maximum atomic E-state index is 13.4. The first kappa shape index (κ1) is 21.3. The van der Waals surface area contributed by atoms with Gasteiger partial charge in [-0.05, 0) is 36.4 Å². The molecule has 31 heavy (non-hydrogen) atoms. The van der Waals surface area contributed by atoms with Gasteiger partial charge >= 0.3 is 0 Å². The van der Waals surface area contributed by atoms with E-state index in [0.29, 0.717) is 28.4 Å². The molecule has 0 unspecified atom stereocenters. The Labute approximate surface area is 182 Å². The zero-order valence-electron chi connectivity index (χ0n) is 16.5. The van der Waals surface area contributed by atoms with Crippen molar-refractivity contribution in [3.63, 3.8) is 0 Å². The van der Waals surface area contributed by atoms with Gasteiger partial charge in [0.05, 0.1) is 15.1 Å². The zero-order chi connectivity index (χ0) is 22.2. The van der Waals surface area contributed by atoms with Gasteiger partial charge in [-0.1, -0.05) is 17.4 Å². The first-order valence-electron chi connectivity index (χ1n) is 9.47. The molecule has 8 nitrogen and oxygen atoms in total. The maximum Gasteiger partial charge on any atom is 0.257 e. The minimum absolute atomic E-state index is 0.00259. The van der Waals surface area contributed by atoms with Crippen molar-refractivity contribution in [2.45, 2.75) is 11.8 Å². The molecule has 1 saturated heterocycles. The molecule has 0 spiro atoms. The molecule has 1 aliphatic heterocycles. The Hall–Kier alpha value is -2.89. The number of nitrogens with zero attached hydrogens (tertiary/aromatic N) is 3. The van der Waals surface area contributed by atoms with Crippen molar-refractivity contribution in [2.24, 2.45) is 0 Å².